The number of aromatic nitrogens is 2. The lowest BCUT2D eigenvalue weighted by molar-refractivity contribution is 0.295. The van der Waals surface area contributed by atoms with Gasteiger partial charge in [0, 0.05) is 12.1 Å². The third kappa shape index (κ3) is 3.48. The highest BCUT2D eigenvalue weighted by Gasteiger charge is 2.06. The topological polar surface area (TPSA) is 47.0 Å². The van der Waals surface area contributed by atoms with Crippen LogP contribution in [-0.2, 0) is 13.2 Å². The maximum Gasteiger partial charge on any atom is 0.294 e. The maximum atomic E-state index is 13.3. The fourth-order valence-electron chi connectivity index (χ4n) is 1.35. The Morgan fingerprint density at radius 2 is 2.17 bits per heavy atom. The third-order valence-corrected chi connectivity index (χ3v) is 3.12. The standard InChI is InChI=1S/C12H14FN3OS/c1-2-14-7-11-15-16-12(18-11)17-8-9-5-3-4-6-10(9)13/h3-6,14H,2,7-8H2,1H3. The van der Waals surface area contributed by atoms with E-state index in [0.29, 0.717) is 17.3 Å². The average Bonchev–Trinajstić information content (AvgIpc) is 2.83. The van der Waals surface area contributed by atoms with E-state index in [1.807, 2.05) is 6.92 Å². The lowest BCUT2D eigenvalue weighted by atomic mass is 10.2. The van der Waals surface area contributed by atoms with Gasteiger partial charge in [0.15, 0.2) is 0 Å². The molecule has 18 heavy (non-hydrogen) atoms. The molecule has 0 fully saturated rings. The summed E-state index contributed by atoms with van der Waals surface area (Å²) < 4.78 is 18.8. The highest BCUT2D eigenvalue weighted by atomic mass is 32.1. The van der Waals surface area contributed by atoms with Gasteiger partial charge in [-0.1, -0.05) is 41.6 Å². The Labute approximate surface area is 109 Å². The fraction of sp³-hybridized carbons (Fsp3) is 0.333. The molecule has 0 aliphatic heterocycles. The second kappa shape index (κ2) is 6.42. The summed E-state index contributed by atoms with van der Waals surface area (Å²) in [6, 6.07) is 6.53. The van der Waals surface area contributed by atoms with Crippen LogP contribution in [0.1, 0.15) is 17.5 Å². The molecule has 0 radical (unpaired) electrons. The predicted octanol–water partition coefficient (Wildman–Crippen LogP) is 2.37. The van der Waals surface area contributed by atoms with Crippen LogP contribution < -0.4 is 10.1 Å². The van der Waals surface area contributed by atoms with Crippen molar-refractivity contribution in [2.45, 2.75) is 20.1 Å². The Morgan fingerprint density at radius 1 is 1.33 bits per heavy atom. The van der Waals surface area contributed by atoms with Crippen molar-refractivity contribution < 1.29 is 9.13 Å². The molecule has 2 rings (SSSR count). The van der Waals surface area contributed by atoms with Crippen molar-refractivity contribution in [1.29, 1.82) is 0 Å². The van der Waals surface area contributed by atoms with Gasteiger partial charge in [-0.05, 0) is 12.6 Å². The monoisotopic (exact) mass is 267 g/mol. The zero-order valence-electron chi connectivity index (χ0n) is 10.0. The van der Waals surface area contributed by atoms with Gasteiger partial charge in [0.05, 0.1) is 0 Å². The van der Waals surface area contributed by atoms with Gasteiger partial charge in [0.25, 0.3) is 5.19 Å². The van der Waals surface area contributed by atoms with E-state index >= 15 is 0 Å². The smallest absolute Gasteiger partial charge is 0.294 e. The van der Waals surface area contributed by atoms with Crippen molar-refractivity contribution in [3.05, 3.63) is 40.7 Å². The van der Waals surface area contributed by atoms with E-state index in [1.165, 1.54) is 17.4 Å². The predicted molar refractivity (Wildman–Crippen MR) is 68.0 cm³/mol. The van der Waals surface area contributed by atoms with E-state index in [4.69, 9.17) is 4.74 Å². The van der Waals surface area contributed by atoms with E-state index in [9.17, 15) is 4.39 Å². The van der Waals surface area contributed by atoms with Gasteiger partial charge in [-0.25, -0.2) is 4.39 Å². The largest absolute Gasteiger partial charge is 0.464 e. The lowest BCUT2D eigenvalue weighted by Crippen LogP contribution is -2.11. The number of benzene rings is 1. The number of nitrogens with one attached hydrogen (secondary N) is 1. The minimum absolute atomic E-state index is 0.169. The lowest BCUT2D eigenvalue weighted by Gasteiger charge is -2.02. The van der Waals surface area contributed by atoms with E-state index in [-0.39, 0.29) is 12.4 Å². The van der Waals surface area contributed by atoms with E-state index in [0.717, 1.165) is 11.6 Å². The molecule has 0 amide bonds. The molecule has 0 spiro atoms. The first kappa shape index (κ1) is 12.9. The minimum Gasteiger partial charge on any atom is -0.464 e. The molecule has 2 aromatic rings. The van der Waals surface area contributed by atoms with Crippen LogP contribution in [0.25, 0.3) is 0 Å². The average molecular weight is 267 g/mol. The molecular weight excluding hydrogens is 253 g/mol. The van der Waals surface area contributed by atoms with Crippen LogP contribution in [0.3, 0.4) is 0 Å². The first-order valence-corrected chi connectivity index (χ1v) is 6.50. The van der Waals surface area contributed by atoms with Gasteiger partial charge >= 0.3 is 0 Å². The van der Waals surface area contributed by atoms with Crippen molar-refractivity contribution in [2.75, 3.05) is 6.54 Å². The molecule has 0 unspecified atom stereocenters. The zero-order chi connectivity index (χ0) is 12.8. The summed E-state index contributed by atoms with van der Waals surface area (Å²) in [7, 11) is 0. The summed E-state index contributed by atoms with van der Waals surface area (Å²) in [5, 5.41) is 12.4. The minimum atomic E-state index is -0.269. The third-order valence-electron chi connectivity index (χ3n) is 2.28. The molecule has 0 aliphatic carbocycles. The molecule has 1 heterocycles. The molecule has 0 saturated carbocycles. The van der Waals surface area contributed by atoms with Crippen LogP contribution >= 0.6 is 11.3 Å². The molecule has 0 aliphatic rings. The van der Waals surface area contributed by atoms with Crippen LogP contribution in [0.4, 0.5) is 4.39 Å². The first-order valence-electron chi connectivity index (χ1n) is 5.69. The number of rotatable bonds is 6. The quantitative estimate of drug-likeness (QED) is 0.873. The van der Waals surface area contributed by atoms with Crippen molar-refractivity contribution in [2.24, 2.45) is 0 Å². The molecule has 1 aromatic heterocycles. The van der Waals surface area contributed by atoms with E-state index in [2.05, 4.69) is 15.5 Å². The summed E-state index contributed by atoms with van der Waals surface area (Å²) in [6.07, 6.45) is 0. The Balaban J connectivity index is 1.90. The van der Waals surface area contributed by atoms with E-state index in [1.54, 1.807) is 18.2 Å². The van der Waals surface area contributed by atoms with Crippen molar-refractivity contribution in [3.8, 4) is 5.19 Å². The van der Waals surface area contributed by atoms with Gasteiger partial charge < -0.3 is 10.1 Å². The SMILES string of the molecule is CCNCc1nnc(OCc2ccccc2F)s1. The Morgan fingerprint density at radius 3 is 2.94 bits per heavy atom. The Kier molecular flexibility index (Phi) is 4.60. The summed E-state index contributed by atoms with van der Waals surface area (Å²) in [5.41, 5.74) is 0.515. The number of hydrogen-bond acceptors (Lipinski definition) is 5. The molecule has 1 N–H and O–H groups in total. The highest BCUT2D eigenvalue weighted by molar-refractivity contribution is 7.13. The number of hydrogen-bond donors (Lipinski definition) is 1. The summed E-state index contributed by atoms with van der Waals surface area (Å²) in [4.78, 5) is 0. The Bertz CT molecular complexity index is 504. The van der Waals surface area contributed by atoms with Crippen LogP contribution in [0.15, 0.2) is 24.3 Å². The summed E-state index contributed by atoms with van der Waals surface area (Å²) >= 11 is 1.37. The van der Waals surface area contributed by atoms with Gasteiger partial charge in [0.1, 0.15) is 17.4 Å². The van der Waals surface area contributed by atoms with Crippen molar-refractivity contribution in [3.63, 3.8) is 0 Å². The van der Waals surface area contributed by atoms with Crippen LogP contribution in [-0.4, -0.2) is 16.7 Å². The normalized spacial score (nSPS) is 10.6. The van der Waals surface area contributed by atoms with Gasteiger partial charge in [-0.15, -0.1) is 5.10 Å². The molecule has 0 bridgehead atoms. The van der Waals surface area contributed by atoms with Crippen molar-refractivity contribution >= 4 is 11.3 Å². The van der Waals surface area contributed by atoms with Crippen molar-refractivity contribution in [1.82, 2.24) is 15.5 Å². The molecule has 6 heteroatoms. The van der Waals surface area contributed by atoms with Crippen LogP contribution in [0.2, 0.25) is 0 Å². The van der Waals surface area contributed by atoms with E-state index < -0.39 is 0 Å². The number of halogens is 1. The van der Waals surface area contributed by atoms with Gasteiger partial charge in [0.2, 0.25) is 0 Å². The second-order valence-electron chi connectivity index (χ2n) is 3.62. The molecule has 1 aromatic carbocycles. The zero-order valence-corrected chi connectivity index (χ0v) is 10.8. The summed E-state index contributed by atoms with van der Waals surface area (Å²) in [5.74, 6) is -0.269. The first-order chi connectivity index (χ1) is 8.79. The van der Waals surface area contributed by atoms with Gasteiger partial charge in [-0.3, -0.25) is 0 Å². The highest BCUT2D eigenvalue weighted by Crippen LogP contribution is 2.19. The summed E-state index contributed by atoms with van der Waals surface area (Å²) in [6.45, 7) is 3.75. The molecule has 0 saturated heterocycles. The van der Waals surface area contributed by atoms with Crippen LogP contribution in [0.5, 0.6) is 5.19 Å². The maximum absolute atomic E-state index is 13.3. The number of nitrogens with zero attached hydrogens (tertiary/aromatic N) is 2. The number of ether oxygens (including phenoxy) is 1. The second-order valence-corrected chi connectivity index (χ2v) is 4.65. The van der Waals surface area contributed by atoms with Crippen LogP contribution in [0, 0.1) is 5.82 Å². The Hall–Kier alpha value is -1.53. The molecular formula is C12H14FN3OS. The molecule has 96 valence electrons. The van der Waals surface area contributed by atoms with Gasteiger partial charge in [-0.2, -0.15) is 0 Å². The molecule has 0 atom stereocenters. The molecule has 4 nitrogen and oxygen atoms in total. The fourth-order valence-corrected chi connectivity index (χ4v) is 2.01.